The number of nitro groups is 1. The van der Waals surface area contributed by atoms with Crippen molar-refractivity contribution in [2.75, 3.05) is 6.54 Å². The van der Waals surface area contributed by atoms with Crippen LogP contribution in [0.25, 0.3) is 22.3 Å². The molecule has 0 bridgehead atoms. The molecule has 0 saturated carbocycles. The van der Waals surface area contributed by atoms with Gasteiger partial charge in [0.25, 0.3) is 11.2 Å². The molecule has 0 spiro atoms. The number of hydrogen-bond donors (Lipinski definition) is 2. The van der Waals surface area contributed by atoms with Gasteiger partial charge in [0, 0.05) is 48.9 Å². The summed E-state index contributed by atoms with van der Waals surface area (Å²) in [5.74, 6) is 0.529. The minimum atomic E-state index is -0.363. The van der Waals surface area contributed by atoms with Gasteiger partial charge in [0.15, 0.2) is 0 Å². The number of hydrogen-bond acceptors (Lipinski definition) is 5. The Morgan fingerprint density at radius 2 is 2.00 bits per heavy atom. The number of aromatic amines is 2. The van der Waals surface area contributed by atoms with Gasteiger partial charge in [-0.15, -0.1) is 0 Å². The van der Waals surface area contributed by atoms with E-state index < -0.39 is 0 Å². The third-order valence-corrected chi connectivity index (χ3v) is 5.87. The molecule has 0 radical (unpaired) electrons. The molecule has 2 aromatic carbocycles. The number of non-ortho nitro benzene ring substituents is 1. The maximum Gasteiger partial charge on any atom is 0.279 e. The van der Waals surface area contributed by atoms with Gasteiger partial charge in [0.1, 0.15) is 5.82 Å². The van der Waals surface area contributed by atoms with E-state index in [0.29, 0.717) is 47.9 Å². The number of benzene rings is 2. The van der Waals surface area contributed by atoms with Crippen LogP contribution in [0.15, 0.2) is 53.5 Å². The van der Waals surface area contributed by atoms with Crippen LogP contribution in [0.3, 0.4) is 0 Å². The second kappa shape index (κ2) is 7.64. The Balaban J connectivity index is 1.43. The average Bonchev–Trinajstić information content (AvgIpc) is 3.17. The molecule has 2 N–H and O–H groups in total. The van der Waals surface area contributed by atoms with E-state index >= 15 is 0 Å². The van der Waals surface area contributed by atoms with Gasteiger partial charge in [0.2, 0.25) is 0 Å². The van der Waals surface area contributed by atoms with Crippen LogP contribution in [-0.4, -0.2) is 31.3 Å². The Labute approximate surface area is 181 Å². The first-order valence-electron chi connectivity index (χ1n) is 9.83. The number of nitrogens with zero attached hydrogens (tertiary/aromatic N) is 3. The zero-order valence-corrected chi connectivity index (χ0v) is 17.1. The fraction of sp³-hybridized carbons (Fsp3) is 0.182. The van der Waals surface area contributed by atoms with E-state index in [1.54, 1.807) is 24.4 Å². The molecular weight excluding hydrogens is 418 g/mol. The highest BCUT2D eigenvalue weighted by Crippen LogP contribution is 2.30. The molecule has 0 amide bonds. The number of fused-ring (bicyclic) bond motifs is 2. The van der Waals surface area contributed by atoms with Crippen molar-refractivity contribution in [1.82, 2.24) is 19.9 Å². The van der Waals surface area contributed by atoms with Crippen molar-refractivity contribution >= 4 is 28.2 Å². The monoisotopic (exact) mass is 435 g/mol. The molecule has 156 valence electrons. The van der Waals surface area contributed by atoms with Crippen molar-refractivity contribution < 1.29 is 4.92 Å². The summed E-state index contributed by atoms with van der Waals surface area (Å²) < 4.78 is 0. The van der Waals surface area contributed by atoms with E-state index in [2.05, 4.69) is 19.9 Å². The zero-order chi connectivity index (χ0) is 21.5. The van der Waals surface area contributed by atoms with Gasteiger partial charge in [-0.25, -0.2) is 4.98 Å². The summed E-state index contributed by atoms with van der Waals surface area (Å²) in [7, 11) is 0. The first kappa shape index (κ1) is 19.5. The average molecular weight is 436 g/mol. The lowest BCUT2D eigenvalue weighted by Crippen LogP contribution is -2.35. The number of halogens is 1. The topological polar surface area (TPSA) is 108 Å². The van der Waals surface area contributed by atoms with Gasteiger partial charge in [-0.1, -0.05) is 17.7 Å². The highest BCUT2D eigenvalue weighted by Gasteiger charge is 2.24. The van der Waals surface area contributed by atoms with Crippen molar-refractivity contribution in [2.24, 2.45) is 0 Å². The van der Waals surface area contributed by atoms with Crippen LogP contribution in [0.2, 0.25) is 5.02 Å². The van der Waals surface area contributed by atoms with Crippen molar-refractivity contribution in [3.8, 4) is 11.4 Å². The van der Waals surface area contributed by atoms with E-state index in [1.807, 2.05) is 18.2 Å². The highest BCUT2D eigenvalue weighted by molar-refractivity contribution is 6.30. The van der Waals surface area contributed by atoms with Crippen LogP contribution in [-0.2, 0) is 19.5 Å². The summed E-state index contributed by atoms with van der Waals surface area (Å²) in [6, 6.07) is 12.2. The molecule has 0 saturated heterocycles. The molecule has 0 unspecified atom stereocenters. The minimum absolute atomic E-state index is 0.0817. The molecule has 8 nitrogen and oxygen atoms in total. The predicted molar refractivity (Wildman–Crippen MR) is 118 cm³/mol. The summed E-state index contributed by atoms with van der Waals surface area (Å²) >= 11 is 5.95. The standard InChI is InChI=1S/C22H18ClN5O3/c23-15-6-4-13(5-7-15)21-25-17-8-9-27(12-16(17)22(29)26-21)11-14-10-24-18-2-1-3-19(20(14)18)28(30)31/h1-7,10,24H,8-9,11-12H2,(H,25,26,29). The quantitative estimate of drug-likeness (QED) is 0.371. The summed E-state index contributed by atoms with van der Waals surface area (Å²) in [4.78, 5) is 36.6. The van der Waals surface area contributed by atoms with E-state index in [1.165, 1.54) is 6.07 Å². The van der Waals surface area contributed by atoms with Crippen molar-refractivity contribution in [3.63, 3.8) is 0 Å². The normalized spacial score (nSPS) is 14.0. The molecule has 0 fully saturated rings. The first-order valence-corrected chi connectivity index (χ1v) is 10.2. The maximum absolute atomic E-state index is 12.8. The lowest BCUT2D eigenvalue weighted by atomic mass is 10.0. The molecule has 31 heavy (non-hydrogen) atoms. The Kier molecular flexibility index (Phi) is 4.80. The second-order valence-electron chi connectivity index (χ2n) is 7.58. The van der Waals surface area contributed by atoms with Crippen LogP contribution < -0.4 is 5.56 Å². The minimum Gasteiger partial charge on any atom is -0.361 e. The Morgan fingerprint density at radius 1 is 1.19 bits per heavy atom. The smallest absolute Gasteiger partial charge is 0.279 e. The van der Waals surface area contributed by atoms with Gasteiger partial charge in [-0.05, 0) is 35.9 Å². The van der Waals surface area contributed by atoms with Crippen LogP contribution in [0, 0.1) is 10.1 Å². The third kappa shape index (κ3) is 3.60. The van der Waals surface area contributed by atoms with Crippen LogP contribution in [0.1, 0.15) is 16.8 Å². The SMILES string of the molecule is O=c1[nH]c(-c2ccc(Cl)cc2)nc2c1CN(Cc1c[nH]c3cccc([N+](=O)[O-])c13)CC2. The van der Waals surface area contributed by atoms with E-state index in [-0.39, 0.29) is 16.2 Å². The number of nitrogens with one attached hydrogen (secondary N) is 2. The zero-order valence-electron chi connectivity index (χ0n) is 16.4. The van der Waals surface area contributed by atoms with Crippen molar-refractivity contribution in [1.29, 1.82) is 0 Å². The summed E-state index contributed by atoms with van der Waals surface area (Å²) in [5.41, 5.74) is 3.72. The molecule has 9 heteroatoms. The molecule has 1 aliphatic heterocycles. The van der Waals surface area contributed by atoms with Gasteiger partial charge in [-0.3, -0.25) is 19.8 Å². The largest absolute Gasteiger partial charge is 0.361 e. The van der Waals surface area contributed by atoms with Gasteiger partial charge < -0.3 is 9.97 Å². The molecule has 4 aromatic rings. The van der Waals surface area contributed by atoms with E-state index in [0.717, 1.165) is 22.3 Å². The third-order valence-electron chi connectivity index (χ3n) is 5.62. The molecule has 3 heterocycles. The Hall–Kier alpha value is -3.49. The number of nitro benzene ring substituents is 1. The maximum atomic E-state index is 12.8. The summed E-state index contributed by atoms with van der Waals surface area (Å²) in [5, 5.41) is 12.7. The van der Waals surface area contributed by atoms with Gasteiger partial charge >= 0.3 is 0 Å². The lowest BCUT2D eigenvalue weighted by molar-refractivity contribution is -0.383. The molecular formula is C22H18ClN5O3. The molecule has 1 aliphatic rings. The van der Waals surface area contributed by atoms with Gasteiger partial charge in [0.05, 0.1) is 27.1 Å². The van der Waals surface area contributed by atoms with E-state index in [9.17, 15) is 14.9 Å². The predicted octanol–water partition coefficient (Wildman–Crippen LogP) is 4.04. The summed E-state index contributed by atoms with van der Waals surface area (Å²) in [6.45, 7) is 1.64. The first-order chi connectivity index (χ1) is 15.0. The number of rotatable bonds is 4. The molecule has 0 atom stereocenters. The fourth-order valence-corrected chi connectivity index (χ4v) is 4.24. The van der Waals surface area contributed by atoms with Crippen molar-refractivity contribution in [3.05, 3.63) is 91.0 Å². The van der Waals surface area contributed by atoms with Crippen molar-refractivity contribution in [2.45, 2.75) is 19.5 Å². The van der Waals surface area contributed by atoms with Gasteiger partial charge in [-0.2, -0.15) is 0 Å². The van der Waals surface area contributed by atoms with Crippen LogP contribution >= 0.6 is 11.6 Å². The number of aromatic nitrogens is 3. The molecule has 0 aliphatic carbocycles. The Morgan fingerprint density at radius 3 is 2.77 bits per heavy atom. The fourth-order valence-electron chi connectivity index (χ4n) is 4.11. The van der Waals surface area contributed by atoms with Crippen LogP contribution in [0.5, 0.6) is 0 Å². The summed E-state index contributed by atoms with van der Waals surface area (Å²) in [6.07, 6.45) is 2.43. The van der Waals surface area contributed by atoms with Crippen LogP contribution in [0.4, 0.5) is 5.69 Å². The second-order valence-corrected chi connectivity index (χ2v) is 8.01. The molecule has 2 aromatic heterocycles. The molecule has 5 rings (SSSR count). The highest BCUT2D eigenvalue weighted by atomic mass is 35.5. The van der Waals surface area contributed by atoms with E-state index in [4.69, 9.17) is 11.6 Å². The Bertz CT molecular complexity index is 1360. The number of H-pyrrole nitrogens is 2. The lowest BCUT2D eigenvalue weighted by Gasteiger charge is -2.27.